The summed E-state index contributed by atoms with van der Waals surface area (Å²) in [5, 5.41) is 3.20. The average Bonchev–Trinajstić information content (AvgIpc) is 2.68. The number of hydrogen-bond acceptors (Lipinski definition) is 7. The van der Waals surface area contributed by atoms with Gasteiger partial charge in [0.05, 0.1) is 14.2 Å². The highest BCUT2D eigenvalue weighted by atomic mass is 16.5. The third-order valence-electron chi connectivity index (χ3n) is 4.64. The summed E-state index contributed by atoms with van der Waals surface area (Å²) >= 11 is 0. The van der Waals surface area contributed by atoms with E-state index in [2.05, 4.69) is 32.2 Å². The van der Waals surface area contributed by atoms with Crippen molar-refractivity contribution in [3.8, 4) is 11.5 Å². The van der Waals surface area contributed by atoms with Crippen LogP contribution in [0.25, 0.3) is 0 Å². The van der Waals surface area contributed by atoms with Gasteiger partial charge in [-0.05, 0) is 25.0 Å². The topological polar surface area (TPSA) is 72.4 Å². The summed E-state index contributed by atoms with van der Waals surface area (Å²) in [5.41, 5.74) is 0.829. The van der Waals surface area contributed by atoms with Crippen LogP contribution in [0.1, 0.15) is 32.1 Å². The van der Waals surface area contributed by atoms with Crippen LogP contribution < -0.4 is 19.7 Å². The van der Waals surface area contributed by atoms with E-state index >= 15 is 0 Å². The molecule has 1 aromatic carbocycles. The monoisotopic (exact) mass is 343 g/mol. The first-order valence-corrected chi connectivity index (χ1v) is 8.62. The van der Waals surface area contributed by atoms with Crippen LogP contribution in [0.15, 0.2) is 24.5 Å². The van der Waals surface area contributed by atoms with E-state index in [4.69, 9.17) is 9.47 Å². The van der Waals surface area contributed by atoms with Crippen molar-refractivity contribution < 1.29 is 9.47 Å². The highest BCUT2D eigenvalue weighted by Crippen LogP contribution is 2.31. The maximum absolute atomic E-state index is 5.33. The number of anilines is 3. The second kappa shape index (κ2) is 8.00. The fourth-order valence-corrected chi connectivity index (χ4v) is 3.19. The van der Waals surface area contributed by atoms with Gasteiger partial charge in [0.2, 0.25) is 11.9 Å². The standard InChI is InChI=1S/C18H25N5O2/c1-23(14-7-5-4-6-8-14)18-20-12-19-17(22-18)21-13-9-10-15(24-2)16(11-13)25-3/h9-12,14H,4-8H2,1-3H3,(H,19,20,21,22). The van der Waals surface area contributed by atoms with Gasteiger partial charge in [-0.15, -0.1) is 0 Å². The molecule has 2 aromatic rings. The van der Waals surface area contributed by atoms with Crippen molar-refractivity contribution in [1.82, 2.24) is 15.0 Å². The molecule has 0 radical (unpaired) electrons. The molecule has 0 atom stereocenters. The van der Waals surface area contributed by atoms with Gasteiger partial charge in [-0.2, -0.15) is 4.98 Å². The summed E-state index contributed by atoms with van der Waals surface area (Å²) in [6.07, 6.45) is 7.81. The lowest BCUT2D eigenvalue weighted by atomic mass is 9.95. The Bertz CT molecular complexity index is 704. The fourth-order valence-electron chi connectivity index (χ4n) is 3.19. The second-order valence-corrected chi connectivity index (χ2v) is 6.21. The zero-order chi connectivity index (χ0) is 17.6. The molecule has 1 aromatic heterocycles. The van der Waals surface area contributed by atoms with Crippen LogP contribution in [-0.2, 0) is 0 Å². The van der Waals surface area contributed by atoms with Crippen LogP contribution in [0.2, 0.25) is 0 Å². The van der Waals surface area contributed by atoms with Crippen LogP contribution in [-0.4, -0.2) is 42.3 Å². The molecule has 0 spiro atoms. The first-order chi connectivity index (χ1) is 12.2. The summed E-state index contributed by atoms with van der Waals surface area (Å²) < 4.78 is 10.6. The molecule has 1 heterocycles. The van der Waals surface area contributed by atoms with Crippen molar-refractivity contribution >= 4 is 17.6 Å². The van der Waals surface area contributed by atoms with E-state index in [0.29, 0.717) is 29.4 Å². The van der Waals surface area contributed by atoms with Crippen LogP contribution in [0.5, 0.6) is 11.5 Å². The van der Waals surface area contributed by atoms with Crippen molar-refractivity contribution in [3.05, 3.63) is 24.5 Å². The minimum Gasteiger partial charge on any atom is -0.493 e. The number of nitrogens with zero attached hydrogens (tertiary/aromatic N) is 4. The summed E-state index contributed by atoms with van der Waals surface area (Å²) in [5.74, 6) is 2.55. The van der Waals surface area contributed by atoms with E-state index in [1.54, 1.807) is 20.5 Å². The van der Waals surface area contributed by atoms with Gasteiger partial charge >= 0.3 is 0 Å². The molecule has 1 N–H and O–H groups in total. The highest BCUT2D eigenvalue weighted by Gasteiger charge is 2.20. The van der Waals surface area contributed by atoms with Crippen LogP contribution in [0.4, 0.5) is 17.6 Å². The minimum atomic E-state index is 0.505. The lowest BCUT2D eigenvalue weighted by molar-refractivity contribution is 0.355. The van der Waals surface area contributed by atoms with Gasteiger partial charge in [-0.1, -0.05) is 19.3 Å². The van der Waals surface area contributed by atoms with E-state index in [0.717, 1.165) is 5.69 Å². The molecule has 0 saturated heterocycles. The van der Waals surface area contributed by atoms with Gasteiger partial charge in [-0.3, -0.25) is 0 Å². The van der Waals surface area contributed by atoms with E-state index in [1.165, 1.54) is 32.1 Å². The number of hydrogen-bond donors (Lipinski definition) is 1. The molecule has 1 aliphatic carbocycles. The lowest BCUT2D eigenvalue weighted by Crippen LogP contribution is -2.34. The van der Waals surface area contributed by atoms with E-state index in [-0.39, 0.29) is 0 Å². The molecule has 7 heteroatoms. The molecule has 1 saturated carbocycles. The predicted octanol–water partition coefficient (Wildman–Crippen LogP) is 3.40. The van der Waals surface area contributed by atoms with E-state index in [1.807, 2.05) is 18.2 Å². The quantitative estimate of drug-likeness (QED) is 0.861. The molecule has 3 rings (SSSR count). The molecule has 0 bridgehead atoms. The maximum atomic E-state index is 5.33. The van der Waals surface area contributed by atoms with E-state index in [9.17, 15) is 0 Å². The normalized spacial score (nSPS) is 14.8. The van der Waals surface area contributed by atoms with Crippen molar-refractivity contribution in [2.24, 2.45) is 0 Å². The number of benzene rings is 1. The second-order valence-electron chi connectivity index (χ2n) is 6.21. The molecule has 0 aliphatic heterocycles. The van der Waals surface area contributed by atoms with Crippen molar-refractivity contribution in [1.29, 1.82) is 0 Å². The van der Waals surface area contributed by atoms with Gasteiger partial charge in [0, 0.05) is 24.8 Å². The van der Waals surface area contributed by atoms with Gasteiger partial charge in [-0.25, -0.2) is 9.97 Å². The predicted molar refractivity (Wildman–Crippen MR) is 97.9 cm³/mol. The molecular formula is C18H25N5O2. The minimum absolute atomic E-state index is 0.505. The van der Waals surface area contributed by atoms with Crippen molar-refractivity contribution in [2.45, 2.75) is 38.1 Å². The van der Waals surface area contributed by atoms with Crippen molar-refractivity contribution in [2.75, 3.05) is 31.5 Å². The number of nitrogens with one attached hydrogen (secondary N) is 1. The Morgan fingerprint density at radius 2 is 1.80 bits per heavy atom. The molecule has 0 amide bonds. The maximum Gasteiger partial charge on any atom is 0.232 e. The molecule has 1 aliphatic rings. The Morgan fingerprint density at radius 1 is 1.04 bits per heavy atom. The summed E-state index contributed by atoms with van der Waals surface area (Å²) in [7, 11) is 5.29. The third kappa shape index (κ3) is 4.10. The van der Waals surface area contributed by atoms with Crippen LogP contribution in [0, 0.1) is 0 Å². The SMILES string of the molecule is COc1ccc(Nc2ncnc(N(C)C3CCCCC3)n2)cc1OC. The number of ether oxygens (including phenoxy) is 2. The zero-order valence-electron chi connectivity index (χ0n) is 15.0. The molecule has 25 heavy (non-hydrogen) atoms. The number of aromatic nitrogens is 3. The summed E-state index contributed by atoms with van der Waals surface area (Å²) in [6, 6.07) is 6.10. The Kier molecular flexibility index (Phi) is 5.53. The van der Waals surface area contributed by atoms with E-state index < -0.39 is 0 Å². The van der Waals surface area contributed by atoms with Crippen molar-refractivity contribution in [3.63, 3.8) is 0 Å². The Labute approximate surface area is 148 Å². The first kappa shape index (κ1) is 17.3. The van der Waals surface area contributed by atoms with Gasteiger partial charge in [0.15, 0.2) is 11.5 Å². The highest BCUT2D eigenvalue weighted by molar-refractivity contribution is 5.60. The molecule has 134 valence electrons. The molecule has 1 fully saturated rings. The largest absolute Gasteiger partial charge is 0.493 e. The average molecular weight is 343 g/mol. The van der Waals surface area contributed by atoms with Crippen LogP contribution in [0.3, 0.4) is 0 Å². The number of rotatable bonds is 6. The lowest BCUT2D eigenvalue weighted by Gasteiger charge is -2.31. The molecular weight excluding hydrogens is 318 g/mol. The van der Waals surface area contributed by atoms with Gasteiger partial charge in [0.25, 0.3) is 0 Å². The Morgan fingerprint density at radius 3 is 2.52 bits per heavy atom. The van der Waals surface area contributed by atoms with Gasteiger partial charge in [0.1, 0.15) is 6.33 Å². The first-order valence-electron chi connectivity index (χ1n) is 8.62. The zero-order valence-corrected chi connectivity index (χ0v) is 15.0. The van der Waals surface area contributed by atoms with Gasteiger partial charge < -0.3 is 19.7 Å². The third-order valence-corrected chi connectivity index (χ3v) is 4.64. The Balaban J connectivity index is 1.75. The molecule has 0 unspecified atom stereocenters. The smallest absolute Gasteiger partial charge is 0.232 e. The fraction of sp³-hybridized carbons (Fsp3) is 0.500. The Hall–Kier alpha value is -2.57. The summed E-state index contributed by atoms with van der Waals surface area (Å²) in [4.78, 5) is 15.3. The van der Waals surface area contributed by atoms with Crippen LogP contribution >= 0.6 is 0 Å². The molecule has 7 nitrogen and oxygen atoms in total. The number of methoxy groups -OCH3 is 2. The summed E-state index contributed by atoms with van der Waals surface area (Å²) in [6.45, 7) is 0.